The van der Waals surface area contributed by atoms with Gasteiger partial charge in [0, 0.05) is 27.2 Å². The lowest BCUT2D eigenvalue weighted by atomic mass is 9.95. The van der Waals surface area contributed by atoms with Gasteiger partial charge in [0.05, 0.1) is 12.1 Å². The van der Waals surface area contributed by atoms with Crippen LogP contribution in [0.3, 0.4) is 0 Å². The van der Waals surface area contributed by atoms with Gasteiger partial charge in [-0.2, -0.15) is 0 Å². The van der Waals surface area contributed by atoms with E-state index in [9.17, 15) is 4.79 Å². The van der Waals surface area contributed by atoms with Gasteiger partial charge in [-0.05, 0) is 41.8 Å². The maximum Gasteiger partial charge on any atom is 0.348 e. The summed E-state index contributed by atoms with van der Waals surface area (Å²) in [4.78, 5) is 17.7. The maximum absolute atomic E-state index is 12.3. The molecule has 5 rings (SSSR count). The zero-order chi connectivity index (χ0) is 20.5. The van der Waals surface area contributed by atoms with Crippen molar-refractivity contribution in [2.24, 2.45) is 0 Å². The van der Waals surface area contributed by atoms with E-state index in [4.69, 9.17) is 9.72 Å². The Hall–Kier alpha value is -3.50. The van der Waals surface area contributed by atoms with Crippen molar-refractivity contribution in [3.8, 4) is 22.3 Å². The SMILES string of the molecule is CCOC(=O)c1cc2cnc3c(-c4ccccc4)cc(-c4ccccc4)cc3c2s1. The topological polar surface area (TPSA) is 39.2 Å². The molecule has 4 heteroatoms. The third kappa shape index (κ3) is 3.25. The first-order valence-corrected chi connectivity index (χ1v) is 10.7. The number of benzene rings is 3. The molecule has 146 valence electrons. The number of hydrogen-bond acceptors (Lipinski definition) is 4. The second-order valence-corrected chi connectivity index (χ2v) is 8.08. The molecular formula is C26H19NO2S. The molecule has 0 unspecified atom stereocenters. The van der Waals surface area contributed by atoms with Gasteiger partial charge in [-0.3, -0.25) is 4.98 Å². The van der Waals surface area contributed by atoms with Gasteiger partial charge in [-0.1, -0.05) is 60.7 Å². The summed E-state index contributed by atoms with van der Waals surface area (Å²) >= 11 is 1.47. The highest BCUT2D eigenvalue weighted by Crippen LogP contribution is 2.39. The zero-order valence-corrected chi connectivity index (χ0v) is 17.3. The number of carbonyl (C=O) groups excluding carboxylic acids is 1. The standard InChI is InChI=1S/C26H19NO2S/c1-2-29-26(28)23-15-20-16-27-24-21(18-11-7-4-8-12-18)13-19(14-22(24)25(20)30-23)17-9-5-3-6-10-17/h3-16H,2H2,1H3. The lowest BCUT2D eigenvalue weighted by Gasteiger charge is -2.11. The van der Waals surface area contributed by atoms with Crippen LogP contribution in [0, 0.1) is 0 Å². The molecule has 0 amide bonds. The molecular weight excluding hydrogens is 390 g/mol. The quantitative estimate of drug-likeness (QED) is 0.301. The van der Waals surface area contributed by atoms with E-state index in [-0.39, 0.29) is 5.97 Å². The number of rotatable bonds is 4. The summed E-state index contributed by atoms with van der Waals surface area (Å²) in [5.41, 5.74) is 5.41. The van der Waals surface area contributed by atoms with E-state index >= 15 is 0 Å². The summed E-state index contributed by atoms with van der Waals surface area (Å²) in [6.45, 7) is 2.18. The first-order valence-electron chi connectivity index (χ1n) is 9.89. The Morgan fingerprint density at radius 1 is 0.900 bits per heavy atom. The van der Waals surface area contributed by atoms with E-state index in [1.54, 1.807) is 0 Å². The van der Waals surface area contributed by atoms with E-state index in [0.29, 0.717) is 11.5 Å². The van der Waals surface area contributed by atoms with Crippen LogP contribution in [0.1, 0.15) is 16.6 Å². The Bertz CT molecular complexity index is 1360. The molecule has 0 saturated carbocycles. The predicted octanol–water partition coefficient (Wildman–Crippen LogP) is 6.96. The maximum atomic E-state index is 12.3. The highest BCUT2D eigenvalue weighted by atomic mass is 32.1. The molecule has 0 radical (unpaired) electrons. The molecule has 3 aromatic carbocycles. The van der Waals surface area contributed by atoms with Crippen LogP contribution in [0.25, 0.3) is 43.2 Å². The van der Waals surface area contributed by atoms with Crippen LogP contribution in [-0.2, 0) is 4.74 Å². The molecule has 5 aromatic rings. The number of esters is 1. The van der Waals surface area contributed by atoms with Crippen LogP contribution in [0.2, 0.25) is 0 Å². The van der Waals surface area contributed by atoms with Crippen LogP contribution in [0.4, 0.5) is 0 Å². The van der Waals surface area contributed by atoms with E-state index in [2.05, 4.69) is 36.4 Å². The van der Waals surface area contributed by atoms with Crippen molar-refractivity contribution in [2.75, 3.05) is 6.61 Å². The molecule has 0 bridgehead atoms. The van der Waals surface area contributed by atoms with Crippen LogP contribution >= 0.6 is 11.3 Å². The van der Waals surface area contributed by atoms with Gasteiger partial charge >= 0.3 is 5.97 Å². The summed E-state index contributed by atoms with van der Waals surface area (Å²) < 4.78 is 6.26. The first-order chi connectivity index (χ1) is 14.7. The van der Waals surface area contributed by atoms with Crippen molar-refractivity contribution in [1.29, 1.82) is 0 Å². The smallest absolute Gasteiger partial charge is 0.348 e. The Morgan fingerprint density at radius 2 is 1.60 bits per heavy atom. The Labute approximate surface area is 178 Å². The fraction of sp³-hybridized carbons (Fsp3) is 0.0769. The Balaban J connectivity index is 1.82. The van der Waals surface area contributed by atoms with Gasteiger partial charge in [-0.15, -0.1) is 11.3 Å². The van der Waals surface area contributed by atoms with Crippen LogP contribution in [0.15, 0.2) is 85.1 Å². The molecule has 30 heavy (non-hydrogen) atoms. The van der Waals surface area contributed by atoms with Crippen molar-refractivity contribution in [3.05, 3.63) is 89.9 Å². The summed E-state index contributed by atoms with van der Waals surface area (Å²) in [7, 11) is 0. The molecule has 0 aliphatic heterocycles. The third-order valence-corrected chi connectivity index (χ3v) is 6.28. The molecule has 0 aliphatic carbocycles. The number of carbonyl (C=O) groups is 1. The van der Waals surface area contributed by atoms with Crippen molar-refractivity contribution in [2.45, 2.75) is 6.92 Å². The number of fused-ring (bicyclic) bond motifs is 3. The minimum Gasteiger partial charge on any atom is -0.462 e. The number of nitrogens with zero attached hydrogens (tertiary/aromatic N) is 1. The number of pyridine rings is 1. The van der Waals surface area contributed by atoms with Gasteiger partial charge in [0.15, 0.2) is 0 Å². The second kappa shape index (κ2) is 7.73. The number of thiophene rings is 1. The molecule has 2 heterocycles. The molecule has 0 fully saturated rings. The average molecular weight is 410 g/mol. The Kier molecular flexibility index (Phi) is 4.77. The molecule has 0 N–H and O–H groups in total. The second-order valence-electron chi connectivity index (χ2n) is 7.03. The monoisotopic (exact) mass is 409 g/mol. The summed E-state index contributed by atoms with van der Waals surface area (Å²) in [6, 6.07) is 26.9. The molecule has 0 spiro atoms. The van der Waals surface area contributed by atoms with Crippen molar-refractivity contribution in [1.82, 2.24) is 4.98 Å². The van der Waals surface area contributed by atoms with Crippen LogP contribution in [-0.4, -0.2) is 17.6 Å². The number of hydrogen-bond donors (Lipinski definition) is 0. The van der Waals surface area contributed by atoms with Gasteiger partial charge < -0.3 is 4.74 Å². The molecule has 0 saturated heterocycles. The van der Waals surface area contributed by atoms with Gasteiger partial charge in [0.2, 0.25) is 0 Å². The van der Waals surface area contributed by atoms with E-state index in [0.717, 1.165) is 43.2 Å². The number of aromatic nitrogens is 1. The molecule has 0 aliphatic rings. The average Bonchev–Trinajstić information content (AvgIpc) is 3.25. The molecule has 3 nitrogen and oxygen atoms in total. The van der Waals surface area contributed by atoms with Gasteiger partial charge in [-0.25, -0.2) is 4.79 Å². The zero-order valence-electron chi connectivity index (χ0n) is 16.5. The van der Waals surface area contributed by atoms with E-state index in [1.165, 1.54) is 11.3 Å². The summed E-state index contributed by atoms with van der Waals surface area (Å²) in [6.07, 6.45) is 1.85. The predicted molar refractivity (Wildman–Crippen MR) is 124 cm³/mol. The van der Waals surface area contributed by atoms with Gasteiger partial charge in [0.25, 0.3) is 0 Å². The molecule has 0 atom stereocenters. The molecule has 2 aromatic heterocycles. The van der Waals surface area contributed by atoms with Crippen molar-refractivity contribution < 1.29 is 9.53 Å². The largest absolute Gasteiger partial charge is 0.462 e. The first kappa shape index (κ1) is 18.5. The number of ether oxygens (including phenoxy) is 1. The van der Waals surface area contributed by atoms with E-state index in [1.807, 2.05) is 55.6 Å². The van der Waals surface area contributed by atoms with Gasteiger partial charge in [0.1, 0.15) is 4.88 Å². The van der Waals surface area contributed by atoms with Crippen molar-refractivity contribution in [3.63, 3.8) is 0 Å². The highest BCUT2D eigenvalue weighted by molar-refractivity contribution is 7.21. The lowest BCUT2D eigenvalue weighted by Crippen LogP contribution is -2.01. The fourth-order valence-electron chi connectivity index (χ4n) is 3.73. The highest BCUT2D eigenvalue weighted by Gasteiger charge is 2.16. The Morgan fingerprint density at radius 3 is 2.30 bits per heavy atom. The van der Waals surface area contributed by atoms with Crippen LogP contribution in [0.5, 0.6) is 0 Å². The van der Waals surface area contributed by atoms with Crippen LogP contribution < -0.4 is 0 Å². The van der Waals surface area contributed by atoms with Crippen molar-refractivity contribution >= 4 is 38.3 Å². The summed E-state index contributed by atoms with van der Waals surface area (Å²) in [5.74, 6) is -0.283. The van der Waals surface area contributed by atoms with E-state index < -0.39 is 0 Å². The summed E-state index contributed by atoms with van der Waals surface area (Å²) in [5, 5.41) is 2.01. The fourth-order valence-corrected chi connectivity index (χ4v) is 4.77. The minimum atomic E-state index is -0.283. The normalized spacial score (nSPS) is 11.1. The minimum absolute atomic E-state index is 0.283. The third-order valence-electron chi connectivity index (χ3n) is 5.12. The lowest BCUT2D eigenvalue weighted by molar-refractivity contribution is 0.0532.